The fraction of sp³-hybridized carbons (Fsp3) is 0.200. The van der Waals surface area contributed by atoms with Gasteiger partial charge in [0.25, 0.3) is 5.91 Å². The number of amides is 2. The fourth-order valence-corrected chi connectivity index (χ4v) is 2.23. The number of nitrogens with one attached hydrogen (secondary N) is 2. The Labute approximate surface area is 157 Å². The lowest BCUT2D eigenvalue weighted by atomic mass is 10.1. The molecule has 2 amide bonds. The minimum Gasteiger partial charge on any atom is -0.478 e. The average Bonchev–Trinajstić information content (AvgIpc) is 2.61. The summed E-state index contributed by atoms with van der Waals surface area (Å²) in [5.74, 6) is 2.21. The maximum Gasteiger partial charge on any atom is 0.264 e. The number of benzene rings is 2. The topological polar surface area (TPSA) is 67.4 Å². The summed E-state index contributed by atoms with van der Waals surface area (Å²) in [5, 5.41) is 5.81. The molecule has 134 valence electrons. The number of anilines is 1. The zero-order valence-corrected chi connectivity index (χ0v) is 15.3. The Morgan fingerprint density at radius 2 is 1.88 bits per heavy atom. The van der Waals surface area contributed by atoms with Crippen LogP contribution in [0.4, 0.5) is 5.69 Å². The predicted octanol–water partition coefficient (Wildman–Crippen LogP) is 3.23. The Hall–Kier alpha value is -2.97. The van der Waals surface area contributed by atoms with Gasteiger partial charge in [0.2, 0.25) is 5.91 Å². The van der Waals surface area contributed by atoms with Crippen molar-refractivity contribution in [2.75, 3.05) is 11.9 Å². The molecule has 0 aliphatic rings. The van der Waals surface area contributed by atoms with E-state index >= 15 is 0 Å². The van der Waals surface area contributed by atoms with Gasteiger partial charge >= 0.3 is 0 Å². The van der Waals surface area contributed by atoms with E-state index in [1.807, 2.05) is 0 Å². The normalized spacial score (nSPS) is 10.5. The summed E-state index contributed by atoms with van der Waals surface area (Å²) in [7, 11) is 0. The van der Waals surface area contributed by atoms with Gasteiger partial charge in [-0.2, -0.15) is 0 Å². The maximum absolute atomic E-state index is 12.3. The van der Waals surface area contributed by atoms with E-state index in [9.17, 15) is 9.59 Å². The number of hydrogen-bond acceptors (Lipinski definition) is 3. The standard InChI is InChI=1S/C20H19ClN2O3/c1-4-14-6-5-7-16(12-14)23-18(24)13-22-19(25)20(2,3)26-17-10-8-15(21)9-11-17/h1,5-12H,13H2,2-3H3,(H,22,25)(H,23,24). The zero-order valence-electron chi connectivity index (χ0n) is 14.5. The highest BCUT2D eigenvalue weighted by atomic mass is 35.5. The number of carbonyl (C=O) groups is 2. The number of carbonyl (C=O) groups excluding carboxylic acids is 2. The van der Waals surface area contributed by atoms with Gasteiger partial charge in [-0.15, -0.1) is 6.42 Å². The highest BCUT2D eigenvalue weighted by Gasteiger charge is 2.30. The molecule has 26 heavy (non-hydrogen) atoms. The smallest absolute Gasteiger partial charge is 0.264 e. The molecule has 0 unspecified atom stereocenters. The van der Waals surface area contributed by atoms with Crippen LogP contribution in [0.5, 0.6) is 5.75 Å². The molecule has 5 nitrogen and oxygen atoms in total. The van der Waals surface area contributed by atoms with E-state index in [0.717, 1.165) is 0 Å². The zero-order chi connectivity index (χ0) is 19.2. The Morgan fingerprint density at radius 1 is 1.19 bits per heavy atom. The second-order valence-corrected chi connectivity index (χ2v) is 6.46. The van der Waals surface area contributed by atoms with Crippen LogP contribution in [-0.4, -0.2) is 24.0 Å². The van der Waals surface area contributed by atoms with Crippen LogP contribution in [0.1, 0.15) is 19.4 Å². The molecule has 2 rings (SSSR count). The number of ether oxygens (including phenoxy) is 1. The van der Waals surface area contributed by atoms with E-state index < -0.39 is 11.5 Å². The highest BCUT2D eigenvalue weighted by Crippen LogP contribution is 2.21. The van der Waals surface area contributed by atoms with E-state index in [4.69, 9.17) is 22.8 Å². The van der Waals surface area contributed by atoms with Crippen molar-refractivity contribution in [3.63, 3.8) is 0 Å². The van der Waals surface area contributed by atoms with Gasteiger partial charge in [-0.1, -0.05) is 23.6 Å². The molecular weight excluding hydrogens is 352 g/mol. The third kappa shape index (κ3) is 5.54. The van der Waals surface area contributed by atoms with Crippen molar-refractivity contribution in [2.24, 2.45) is 0 Å². The van der Waals surface area contributed by atoms with Gasteiger partial charge in [-0.05, 0) is 56.3 Å². The first-order chi connectivity index (χ1) is 12.3. The third-order valence-corrected chi connectivity index (χ3v) is 3.71. The molecule has 0 bridgehead atoms. The van der Waals surface area contributed by atoms with Crippen molar-refractivity contribution in [1.29, 1.82) is 0 Å². The van der Waals surface area contributed by atoms with Crippen LogP contribution in [0, 0.1) is 12.3 Å². The van der Waals surface area contributed by atoms with E-state index in [1.54, 1.807) is 62.4 Å². The molecule has 0 atom stereocenters. The second-order valence-electron chi connectivity index (χ2n) is 6.02. The Bertz CT molecular complexity index is 839. The SMILES string of the molecule is C#Cc1cccc(NC(=O)CNC(=O)C(C)(C)Oc2ccc(Cl)cc2)c1. The summed E-state index contributed by atoms with van der Waals surface area (Å²) in [6.45, 7) is 3.04. The first-order valence-corrected chi connectivity index (χ1v) is 8.27. The van der Waals surface area contributed by atoms with E-state index in [-0.39, 0.29) is 12.5 Å². The van der Waals surface area contributed by atoms with Gasteiger partial charge in [-0.3, -0.25) is 9.59 Å². The number of terminal acetylenes is 1. The Morgan fingerprint density at radius 3 is 2.54 bits per heavy atom. The minimum atomic E-state index is -1.16. The lowest BCUT2D eigenvalue weighted by molar-refractivity contribution is -0.135. The van der Waals surface area contributed by atoms with Crippen molar-refractivity contribution in [3.05, 3.63) is 59.1 Å². The van der Waals surface area contributed by atoms with Crippen molar-refractivity contribution >= 4 is 29.1 Å². The summed E-state index contributed by atoms with van der Waals surface area (Å²) < 4.78 is 5.67. The van der Waals surface area contributed by atoms with Gasteiger partial charge in [0.1, 0.15) is 5.75 Å². The molecule has 2 aromatic carbocycles. The van der Waals surface area contributed by atoms with Crippen molar-refractivity contribution < 1.29 is 14.3 Å². The molecule has 6 heteroatoms. The largest absolute Gasteiger partial charge is 0.478 e. The van der Waals surface area contributed by atoms with Crippen molar-refractivity contribution in [1.82, 2.24) is 5.32 Å². The Kier molecular flexibility index (Phi) is 6.26. The van der Waals surface area contributed by atoms with Crippen LogP contribution in [0.15, 0.2) is 48.5 Å². The maximum atomic E-state index is 12.3. The average molecular weight is 371 g/mol. The molecule has 0 aromatic heterocycles. The van der Waals surface area contributed by atoms with Crippen LogP contribution >= 0.6 is 11.6 Å². The molecule has 0 heterocycles. The second kappa shape index (κ2) is 8.41. The summed E-state index contributed by atoms with van der Waals surface area (Å²) in [4.78, 5) is 24.3. The predicted molar refractivity (Wildman–Crippen MR) is 102 cm³/mol. The number of hydrogen-bond donors (Lipinski definition) is 2. The summed E-state index contributed by atoms with van der Waals surface area (Å²) >= 11 is 5.83. The van der Waals surface area contributed by atoms with E-state index in [0.29, 0.717) is 22.0 Å². The third-order valence-electron chi connectivity index (χ3n) is 3.46. The van der Waals surface area contributed by atoms with Crippen LogP contribution in [-0.2, 0) is 9.59 Å². The molecule has 0 radical (unpaired) electrons. The Balaban J connectivity index is 1.88. The fourth-order valence-electron chi connectivity index (χ4n) is 2.11. The molecule has 0 fully saturated rings. The summed E-state index contributed by atoms with van der Waals surface area (Å²) in [6.07, 6.45) is 5.33. The molecule has 0 spiro atoms. The van der Waals surface area contributed by atoms with Crippen LogP contribution in [0.3, 0.4) is 0 Å². The molecule has 2 N–H and O–H groups in total. The van der Waals surface area contributed by atoms with E-state index in [2.05, 4.69) is 16.6 Å². The van der Waals surface area contributed by atoms with Crippen LogP contribution < -0.4 is 15.4 Å². The first-order valence-electron chi connectivity index (χ1n) is 7.89. The molecule has 0 saturated heterocycles. The van der Waals surface area contributed by atoms with Crippen LogP contribution in [0.25, 0.3) is 0 Å². The molecule has 2 aromatic rings. The van der Waals surface area contributed by atoms with Gasteiger partial charge in [0.15, 0.2) is 5.60 Å². The van der Waals surface area contributed by atoms with Crippen molar-refractivity contribution in [3.8, 4) is 18.1 Å². The molecule has 0 saturated carbocycles. The lowest BCUT2D eigenvalue weighted by Gasteiger charge is -2.25. The molecule has 0 aliphatic carbocycles. The number of halogens is 1. The van der Waals surface area contributed by atoms with E-state index in [1.165, 1.54) is 0 Å². The van der Waals surface area contributed by atoms with Gasteiger partial charge < -0.3 is 15.4 Å². The van der Waals surface area contributed by atoms with Gasteiger partial charge in [-0.25, -0.2) is 0 Å². The van der Waals surface area contributed by atoms with Crippen LogP contribution in [0.2, 0.25) is 5.02 Å². The van der Waals surface area contributed by atoms with Crippen molar-refractivity contribution in [2.45, 2.75) is 19.4 Å². The minimum absolute atomic E-state index is 0.188. The lowest BCUT2D eigenvalue weighted by Crippen LogP contribution is -2.48. The first kappa shape index (κ1) is 19.4. The summed E-state index contributed by atoms with van der Waals surface area (Å²) in [5.41, 5.74) is 0.0676. The molecule has 0 aliphatic heterocycles. The number of rotatable bonds is 6. The van der Waals surface area contributed by atoms with Gasteiger partial charge in [0.05, 0.1) is 6.54 Å². The van der Waals surface area contributed by atoms with Gasteiger partial charge in [0, 0.05) is 16.3 Å². The highest BCUT2D eigenvalue weighted by molar-refractivity contribution is 6.30. The molecular formula is C20H19ClN2O3. The quantitative estimate of drug-likeness (QED) is 0.767. The monoisotopic (exact) mass is 370 g/mol. The summed E-state index contributed by atoms with van der Waals surface area (Å²) in [6, 6.07) is 13.6.